The molecule has 4 aromatic rings. The number of fused-ring (bicyclic) bond motifs is 1. The molecule has 0 saturated heterocycles. The largest absolute Gasteiger partial charge is 0.339 e. The van der Waals surface area contributed by atoms with Crippen molar-refractivity contribution in [1.29, 1.82) is 5.26 Å². The first-order valence-corrected chi connectivity index (χ1v) is 9.94. The third-order valence-electron chi connectivity index (χ3n) is 4.51. The number of aromatic nitrogens is 2. The third-order valence-corrected chi connectivity index (χ3v) is 5.37. The lowest BCUT2D eigenvalue weighted by molar-refractivity contribution is 0.102. The van der Waals surface area contributed by atoms with Gasteiger partial charge < -0.3 is 9.88 Å². The monoisotopic (exact) mass is 386 g/mol. The molecular formula is C22H18N4OS. The van der Waals surface area contributed by atoms with Crippen LogP contribution in [0, 0.1) is 11.3 Å². The Morgan fingerprint density at radius 1 is 1.21 bits per heavy atom. The molecule has 0 spiro atoms. The molecule has 6 heteroatoms. The summed E-state index contributed by atoms with van der Waals surface area (Å²) in [6, 6.07) is 19.4. The number of carbonyl (C=O) groups is 1. The van der Waals surface area contributed by atoms with Crippen molar-refractivity contribution < 1.29 is 4.79 Å². The van der Waals surface area contributed by atoms with E-state index in [0.29, 0.717) is 16.9 Å². The molecule has 0 aliphatic carbocycles. The van der Waals surface area contributed by atoms with Gasteiger partial charge in [0.2, 0.25) is 0 Å². The summed E-state index contributed by atoms with van der Waals surface area (Å²) < 4.78 is 2.25. The average molecular weight is 386 g/mol. The fourth-order valence-electron chi connectivity index (χ4n) is 3.22. The van der Waals surface area contributed by atoms with Gasteiger partial charge in [-0.1, -0.05) is 37.3 Å². The summed E-state index contributed by atoms with van der Waals surface area (Å²) in [4.78, 5) is 17.2. The van der Waals surface area contributed by atoms with Crippen molar-refractivity contribution in [3.63, 3.8) is 0 Å². The summed E-state index contributed by atoms with van der Waals surface area (Å²) in [5.41, 5.74) is 3.45. The topological polar surface area (TPSA) is 70.7 Å². The minimum atomic E-state index is -0.316. The van der Waals surface area contributed by atoms with Gasteiger partial charge in [0.25, 0.3) is 5.91 Å². The maximum Gasteiger partial charge on any atom is 0.275 e. The summed E-state index contributed by atoms with van der Waals surface area (Å²) in [5, 5.41) is 15.7. The second-order valence-corrected chi connectivity index (χ2v) is 7.25. The van der Waals surface area contributed by atoms with E-state index in [1.165, 1.54) is 16.9 Å². The van der Waals surface area contributed by atoms with Crippen LogP contribution in [0.2, 0.25) is 0 Å². The number of nitriles is 1. The molecule has 5 nitrogen and oxygen atoms in total. The number of nitrogens with zero attached hydrogens (tertiary/aromatic N) is 3. The van der Waals surface area contributed by atoms with Crippen molar-refractivity contribution >= 4 is 33.8 Å². The molecule has 1 N–H and O–H groups in total. The molecule has 0 saturated carbocycles. The minimum absolute atomic E-state index is 0.316. The SMILES string of the molecule is CCCn1c(-c2nc(C(=O)Nc3ccccc3C#N)cs2)cc2ccccc21. The average Bonchev–Trinajstić information content (AvgIpc) is 3.34. The van der Waals surface area contributed by atoms with Crippen molar-refractivity contribution in [2.24, 2.45) is 0 Å². The van der Waals surface area contributed by atoms with Gasteiger partial charge in [0.1, 0.15) is 16.8 Å². The Kier molecular flexibility index (Phi) is 4.92. The van der Waals surface area contributed by atoms with E-state index in [2.05, 4.69) is 46.1 Å². The number of rotatable bonds is 5. The number of hydrogen-bond acceptors (Lipinski definition) is 4. The number of amides is 1. The zero-order valence-corrected chi connectivity index (χ0v) is 16.2. The van der Waals surface area contributed by atoms with E-state index in [4.69, 9.17) is 0 Å². The number of anilines is 1. The molecule has 2 heterocycles. The first-order chi connectivity index (χ1) is 13.7. The van der Waals surface area contributed by atoms with E-state index >= 15 is 0 Å². The van der Waals surface area contributed by atoms with E-state index < -0.39 is 0 Å². The Morgan fingerprint density at radius 2 is 2.00 bits per heavy atom. The van der Waals surface area contributed by atoms with E-state index in [0.717, 1.165) is 29.1 Å². The van der Waals surface area contributed by atoms with Crippen molar-refractivity contribution in [3.8, 4) is 16.8 Å². The predicted octanol–water partition coefficient (Wildman–Crippen LogP) is 5.30. The Morgan fingerprint density at radius 3 is 2.82 bits per heavy atom. The van der Waals surface area contributed by atoms with Crippen LogP contribution in [0.4, 0.5) is 5.69 Å². The van der Waals surface area contributed by atoms with Crippen LogP contribution in [0.1, 0.15) is 29.4 Å². The number of carbonyl (C=O) groups excluding carboxylic acids is 1. The predicted molar refractivity (Wildman–Crippen MR) is 112 cm³/mol. The number of para-hydroxylation sites is 2. The highest BCUT2D eigenvalue weighted by molar-refractivity contribution is 7.13. The maximum atomic E-state index is 12.6. The standard InChI is InChI=1S/C22H18N4OS/c1-2-11-26-19-10-6-4-7-15(19)12-20(26)22-25-18(14-28-22)21(27)24-17-9-5-3-8-16(17)13-23/h3-10,12,14H,2,11H2,1H3,(H,24,27). The number of hydrogen-bond donors (Lipinski definition) is 1. The highest BCUT2D eigenvalue weighted by Gasteiger charge is 2.17. The summed E-state index contributed by atoms with van der Waals surface area (Å²) in [6.45, 7) is 3.03. The molecule has 0 atom stereocenters. The van der Waals surface area contributed by atoms with E-state index in [1.807, 2.05) is 12.1 Å². The van der Waals surface area contributed by atoms with Crippen molar-refractivity contribution in [3.05, 3.63) is 71.2 Å². The Hall–Kier alpha value is -3.43. The Bertz CT molecular complexity index is 1200. The zero-order valence-electron chi connectivity index (χ0n) is 15.3. The van der Waals surface area contributed by atoms with Gasteiger partial charge in [-0.2, -0.15) is 5.26 Å². The van der Waals surface area contributed by atoms with Crippen LogP contribution in [0.15, 0.2) is 60.0 Å². The minimum Gasteiger partial charge on any atom is -0.339 e. The van der Waals surface area contributed by atoms with E-state index in [-0.39, 0.29) is 5.91 Å². The smallest absolute Gasteiger partial charge is 0.275 e. The number of benzene rings is 2. The van der Waals surface area contributed by atoms with E-state index in [9.17, 15) is 10.1 Å². The lowest BCUT2D eigenvalue weighted by atomic mass is 10.2. The van der Waals surface area contributed by atoms with Crippen LogP contribution in [0.3, 0.4) is 0 Å². The summed E-state index contributed by atoms with van der Waals surface area (Å²) in [6.07, 6.45) is 1.01. The van der Waals surface area contributed by atoms with Gasteiger partial charge in [-0.3, -0.25) is 4.79 Å². The van der Waals surface area contributed by atoms with Crippen molar-refractivity contribution in [2.45, 2.75) is 19.9 Å². The Balaban J connectivity index is 1.66. The molecule has 1 amide bonds. The summed E-state index contributed by atoms with van der Waals surface area (Å²) >= 11 is 1.45. The maximum absolute atomic E-state index is 12.6. The van der Waals surface area contributed by atoms with Gasteiger partial charge in [0, 0.05) is 22.8 Å². The number of aryl methyl sites for hydroxylation is 1. The quantitative estimate of drug-likeness (QED) is 0.506. The van der Waals surface area contributed by atoms with Crippen molar-refractivity contribution in [2.75, 3.05) is 5.32 Å². The second-order valence-electron chi connectivity index (χ2n) is 6.39. The molecule has 0 radical (unpaired) electrons. The van der Waals surface area contributed by atoms with Gasteiger partial charge in [0.05, 0.1) is 16.9 Å². The number of nitrogens with one attached hydrogen (secondary N) is 1. The zero-order chi connectivity index (χ0) is 19.5. The molecular weight excluding hydrogens is 368 g/mol. The molecule has 0 aliphatic heterocycles. The normalized spacial score (nSPS) is 10.7. The van der Waals surface area contributed by atoms with Gasteiger partial charge in [-0.15, -0.1) is 11.3 Å². The van der Waals surface area contributed by atoms with Crippen LogP contribution in [-0.2, 0) is 6.54 Å². The fraction of sp³-hybridized carbons (Fsp3) is 0.136. The Labute approximate surface area is 166 Å². The fourth-order valence-corrected chi connectivity index (χ4v) is 4.05. The molecule has 0 bridgehead atoms. The summed E-state index contributed by atoms with van der Waals surface area (Å²) in [7, 11) is 0. The molecule has 2 aromatic carbocycles. The lowest BCUT2D eigenvalue weighted by Crippen LogP contribution is -2.13. The molecule has 0 fully saturated rings. The van der Waals surface area contributed by atoms with E-state index in [1.54, 1.807) is 29.6 Å². The van der Waals surface area contributed by atoms with Gasteiger partial charge in [-0.25, -0.2) is 4.98 Å². The molecule has 0 aliphatic rings. The first kappa shape index (κ1) is 18.0. The van der Waals surface area contributed by atoms with Crippen LogP contribution in [-0.4, -0.2) is 15.5 Å². The van der Waals surface area contributed by atoms with Gasteiger partial charge in [-0.05, 0) is 30.7 Å². The van der Waals surface area contributed by atoms with Gasteiger partial charge >= 0.3 is 0 Å². The molecule has 28 heavy (non-hydrogen) atoms. The molecule has 138 valence electrons. The highest BCUT2D eigenvalue weighted by atomic mass is 32.1. The molecule has 0 unspecified atom stereocenters. The number of thiazole rings is 1. The van der Waals surface area contributed by atoms with Crippen LogP contribution in [0.5, 0.6) is 0 Å². The second kappa shape index (κ2) is 7.67. The lowest BCUT2D eigenvalue weighted by Gasteiger charge is -2.07. The first-order valence-electron chi connectivity index (χ1n) is 9.06. The van der Waals surface area contributed by atoms with Crippen LogP contribution >= 0.6 is 11.3 Å². The summed E-state index contributed by atoms with van der Waals surface area (Å²) in [5.74, 6) is -0.316. The van der Waals surface area contributed by atoms with Gasteiger partial charge in [0.15, 0.2) is 0 Å². The van der Waals surface area contributed by atoms with Crippen molar-refractivity contribution in [1.82, 2.24) is 9.55 Å². The molecule has 4 rings (SSSR count). The van der Waals surface area contributed by atoms with Crippen LogP contribution < -0.4 is 5.32 Å². The molecule has 2 aromatic heterocycles. The van der Waals surface area contributed by atoms with Crippen LogP contribution in [0.25, 0.3) is 21.6 Å². The third kappa shape index (κ3) is 3.28. The highest BCUT2D eigenvalue weighted by Crippen LogP contribution is 2.31.